The third-order valence-electron chi connectivity index (χ3n) is 1.66. The largest absolute Gasteiger partial charge is 0.507 e. The lowest BCUT2D eigenvalue weighted by molar-refractivity contribution is 0.481. The summed E-state index contributed by atoms with van der Waals surface area (Å²) in [4.78, 5) is 3.91. The Morgan fingerprint density at radius 3 is 2.75 bits per heavy atom. The molecular formula is C9H8ClNO. The van der Waals surface area contributed by atoms with Crippen molar-refractivity contribution < 1.29 is 5.11 Å². The Bertz CT molecular complexity index is 384. The molecule has 0 spiro atoms. The number of aromatic hydroxyl groups is 1. The Labute approximate surface area is 76.3 Å². The molecule has 0 amide bonds. The summed E-state index contributed by atoms with van der Waals surface area (Å²) in [5.74, 6) is 0.288. The first-order valence-electron chi connectivity index (χ1n) is 3.39. The maximum absolute atomic E-state index is 9.33. The number of halogens is 1. The van der Waals surface area contributed by atoms with Crippen LogP contribution in [0.25, 0.3) is 10.8 Å². The molecule has 3 heteroatoms. The number of benzene rings is 1. The quantitative estimate of drug-likeness (QED) is 0.677. The van der Waals surface area contributed by atoms with E-state index in [-0.39, 0.29) is 18.2 Å². The fourth-order valence-electron chi connectivity index (χ4n) is 1.10. The van der Waals surface area contributed by atoms with Gasteiger partial charge >= 0.3 is 0 Å². The Morgan fingerprint density at radius 2 is 2.00 bits per heavy atom. The Balaban J connectivity index is 0.000000720. The van der Waals surface area contributed by atoms with Gasteiger partial charge < -0.3 is 5.11 Å². The molecule has 1 N–H and O–H groups in total. The van der Waals surface area contributed by atoms with Gasteiger partial charge in [-0.05, 0) is 17.5 Å². The summed E-state index contributed by atoms with van der Waals surface area (Å²) in [5, 5.41) is 11.1. The summed E-state index contributed by atoms with van der Waals surface area (Å²) in [6, 6.07) is 7.29. The number of pyridine rings is 1. The standard InChI is InChI=1S/C9H7NO.ClH/c11-9-3-1-2-7-4-5-10-6-8(7)9;/h1-6,11H;1H. The number of fused-ring (bicyclic) bond motifs is 1. The van der Waals surface area contributed by atoms with Crippen molar-refractivity contribution in [1.82, 2.24) is 4.98 Å². The van der Waals surface area contributed by atoms with E-state index in [0.29, 0.717) is 0 Å². The average molecular weight is 182 g/mol. The van der Waals surface area contributed by atoms with Crippen molar-refractivity contribution in [2.45, 2.75) is 0 Å². The monoisotopic (exact) mass is 181 g/mol. The van der Waals surface area contributed by atoms with Gasteiger partial charge in [0.05, 0.1) is 0 Å². The minimum Gasteiger partial charge on any atom is -0.507 e. The average Bonchev–Trinajstić information content (AvgIpc) is 2.06. The second kappa shape index (κ2) is 3.41. The van der Waals surface area contributed by atoms with Gasteiger partial charge in [0.15, 0.2) is 0 Å². The molecule has 2 nitrogen and oxygen atoms in total. The fourth-order valence-corrected chi connectivity index (χ4v) is 1.10. The van der Waals surface area contributed by atoms with Crippen LogP contribution >= 0.6 is 12.4 Å². The first kappa shape index (κ1) is 8.81. The molecule has 1 aromatic carbocycles. The minimum absolute atomic E-state index is 0. The zero-order chi connectivity index (χ0) is 7.68. The first-order valence-corrected chi connectivity index (χ1v) is 3.39. The van der Waals surface area contributed by atoms with E-state index in [1.54, 1.807) is 18.5 Å². The zero-order valence-corrected chi connectivity index (χ0v) is 7.08. The summed E-state index contributed by atoms with van der Waals surface area (Å²) in [7, 11) is 0. The Kier molecular flexibility index (Phi) is 2.51. The Hall–Kier alpha value is -1.28. The van der Waals surface area contributed by atoms with Gasteiger partial charge in [0, 0.05) is 17.8 Å². The van der Waals surface area contributed by atoms with Gasteiger partial charge in [-0.3, -0.25) is 4.98 Å². The molecule has 2 aromatic rings. The summed E-state index contributed by atoms with van der Waals surface area (Å²) < 4.78 is 0. The van der Waals surface area contributed by atoms with Crippen LogP contribution in [0, 0.1) is 0 Å². The summed E-state index contributed by atoms with van der Waals surface area (Å²) in [6.45, 7) is 0. The van der Waals surface area contributed by atoms with E-state index in [1.807, 2.05) is 18.2 Å². The van der Waals surface area contributed by atoms with Crippen LogP contribution in [0.4, 0.5) is 0 Å². The molecule has 0 aliphatic carbocycles. The van der Waals surface area contributed by atoms with E-state index in [2.05, 4.69) is 4.98 Å². The second-order valence-corrected chi connectivity index (χ2v) is 2.37. The molecule has 0 aliphatic rings. The van der Waals surface area contributed by atoms with Gasteiger partial charge in [-0.2, -0.15) is 0 Å². The number of nitrogens with zero attached hydrogens (tertiary/aromatic N) is 1. The minimum atomic E-state index is 0. The van der Waals surface area contributed by atoms with Gasteiger partial charge in [-0.15, -0.1) is 12.4 Å². The van der Waals surface area contributed by atoms with Gasteiger partial charge in [0.2, 0.25) is 0 Å². The number of hydrogen-bond acceptors (Lipinski definition) is 2. The smallest absolute Gasteiger partial charge is 0.124 e. The molecule has 2 rings (SSSR count). The van der Waals surface area contributed by atoms with Crippen LogP contribution in [0.1, 0.15) is 0 Å². The second-order valence-electron chi connectivity index (χ2n) is 2.37. The molecule has 0 bridgehead atoms. The molecule has 0 radical (unpaired) electrons. The van der Waals surface area contributed by atoms with Crippen LogP contribution in [0.5, 0.6) is 5.75 Å². The van der Waals surface area contributed by atoms with Crippen LogP contribution < -0.4 is 0 Å². The highest BCUT2D eigenvalue weighted by Crippen LogP contribution is 2.21. The van der Waals surface area contributed by atoms with Crippen LogP contribution in [0.2, 0.25) is 0 Å². The molecule has 0 aliphatic heterocycles. The molecule has 1 heterocycles. The lowest BCUT2D eigenvalue weighted by atomic mass is 10.2. The normalized spacial score (nSPS) is 9.33. The Morgan fingerprint density at radius 1 is 1.17 bits per heavy atom. The van der Waals surface area contributed by atoms with Crippen LogP contribution in [-0.4, -0.2) is 10.1 Å². The molecule has 0 fully saturated rings. The van der Waals surface area contributed by atoms with E-state index in [4.69, 9.17) is 0 Å². The highest BCUT2D eigenvalue weighted by Gasteiger charge is 1.95. The number of aromatic nitrogens is 1. The molecule has 0 saturated carbocycles. The maximum Gasteiger partial charge on any atom is 0.124 e. The van der Waals surface area contributed by atoms with Crippen molar-refractivity contribution in [3.05, 3.63) is 36.7 Å². The highest BCUT2D eigenvalue weighted by molar-refractivity contribution is 5.86. The van der Waals surface area contributed by atoms with Crippen molar-refractivity contribution in [3.8, 4) is 5.75 Å². The molecule has 12 heavy (non-hydrogen) atoms. The maximum atomic E-state index is 9.33. The molecule has 0 atom stereocenters. The summed E-state index contributed by atoms with van der Waals surface area (Å²) >= 11 is 0. The predicted molar refractivity (Wildman–Crippen MR) is 50.7 cm³/mol. The van der Waals surface area contributed by atoms with Gasteiger partial charge in [0.1, 0.15) is 5.75 Å². The number of phenolic OH excluding ortho intramolecular Hbond substituents is 1. The molecular weight excluding hydrogens is 174 g/mol. The van der Waals surface area contributed by atoms with Gasteiger partial charge in [-0.25, -0.2) is 0 Å². The zero-order valence-electron chi connectivity index (χ0n) is 6.27. The van der Waals surface area contributed by atoms with Gasteiger partial charge in [-0.1, -0.05) is 12.1 Å². The number of phenols is 1. The van der Waals surface area contributed by atoms with Gasteiger partial charge in [0.25, 0.3) is 0 Å². The van der Waals surface area contributed by atoms with Crippen molar-refractivity contribution in [2.24, 2.45) is 0 Å². The van der Waals surface area contributed by atoms with E-state index in [1.165, 1.54) is 0 Å². The van der Waals surface area contributed by atoms with Crippen molar-refractivity contribution >= 4 is 23.2 Å². The fraction of sp³-hybridized carbons (Fsp3) is 0. The molecule has 0 saturated heterocycles. The first-order chi connectivity index (χ1) is 5.38. The summed E-state index contributed by atoms with van der Waals surface area (Å²) in [6.07, 6.45) is 3.37. The van der Waals surface area contributed by atoms with Crippen LogP contribution in [0.15, 0.2) is 36.7 Å². The number of hydrogen-bond donors (Lipinski definition) is 1. The van der Waals surface area contributed by atoms with E-state index in [0.717, 1.165) is 10.8 Å². The van der Waals surface area contributed by atoms with E-state index < -0.39 is 0 Å². The van der Waals surface area contributed by atoms with Crippen molar-refractivity contribution in [2.75, 3.05) is 0 Å². The van der Waals surface area contributed by atoms with Crippen molar-refractivity contribution in [1.29, 1.82) is 0 Å². The van der Waals surface area contributed by atoms with Crippen LogP contribution in [0.3, 0.4) is 0 Å². The highest BCUT2D eigenvalue weighted by atomic mass is 35.5. The lowest BCUT2D eigenvalue weighted by Crippen LogP contribution is -1.74. The van der Waals surface area contributed by atoms with Crippen LogP contribution in [-0.2, 0) is 0 Å². The SMILES string of the molecule is Cl.Oc1cccc2ccncc12. The number of rotatable bonds is 0. The molecule has 0 unspecified atom stereocenters. The van der Waals surface area contributed by atoms with E-state index >= 15 is 0 Å². The topological polar surface area (TPSA) is 33.1 Å². The predicted octanol–water partition coefficient (Wildman–Crippen LogP) is 2.36. The third kappa shape index (κ3) is 1.34. The summed E-state index contributed by atoms with van der Waals surface area (Å²) in [5.41, 5.74) is 0. The third-order valence-corrected chi connectivity index (χ3v) is 1.66. The molecule has 62 valence electrons. The van der Waals surface area contributed by atoms with Crippen molar-refractivity contribution in [3.63, 3.8) is 0 Å². The van der Waals surface area contributed by atoms with E-state index in [9.17, 15) is 5.11 Å². The molecule has 1 aromatic heterocycles. The lowest BCUT2D eigenvalue weighted by Gasteiger charge is -1.97.